The first kappa shape index (κ1) is 16.6. The summed E-state index contributed by atoms with van der Waals surface area (Å²) in [5.41, 5.74) is 0.877. The summed E-state index contributed by atoms with van der Waals surface area (Å²) < 4.78 is 33.5. The highest BCUT2D eigenvalue weighted by Gasteiger charge is 2.29. The summed E-state index contributed by atoms with van der Waals surface area (Å²) in [6, 6.07) is 5.01. The Morgan fingerprint density at radius 1 is 1.15 bits per heavy atom. The smallest absolute Gasteiger partial charge is 0.271 e. The van der Waals surface area contributed by atoms with Gasteiger partial charge in [-0.05, 0) is 18.6 Å². The van der Waals surface area contributed by atoms with Crippen LogP contribution in [0.25, 0.3) is 0 Å². The number of aromatic nitrogens is 2. The molecule has 2 aliphatic heterocycles. The first-order chi connectivity index (χ1) is 12.5. The molecule has 136 valence electrons. The van der Waals surface area contributed by atoms with Crippen LogP contribution in [0.5, 0.6) is 11.5 Å². The van der Waals surface area contributed by atoms with Gasteiger partial charge in [0.05, 0.1) is 23.9 Å². The zero-order chi connectivity index (χ0) is 18.1. The fourth-order valence-electron chi connectivity index (χ4n) is 2.80. The molecular formula is C16H16N4O5S. The lowest BCUT2D eigenvalue weighted by molar-refractivity contribution is 0.0935. The molecule has 1 aromatic heterocycles. The molecule has 26 heavy (non-hydrogen) atoms. The second-order valence-corrected chi connectivity index (χ2v) is 8.28. The maximum absolute atomic E-state index is 12.1. The molecule has 10 heteroatoms. The van der Waals surface area contributed by atoms with Gasteiger partial charge in [-0.2, -0.15) is 0 Å². The summed E-state index contributed by atoms with van der Waals surface area (Å²) in [5.74, 6) is 1.42. The number of hydrogen-bond acceptors (Lipinski definition) is 8. The van der Waals surface area contributed by atoms with Crippen molar-refractivity contribution >= 4 is 27.2 Å². The molecule has 0 aliphatic carbocycles. The monoisotopic (exact) mass is 376 g/mol. The number of nitrogens with zero attached hydrogens (tertiary/aromatic N) is 2. The quantitative estimate of drug-likeness (QED) is 0.806. The van der Waals surface area contributed by atoms with E-state index >= 15 is 0 Å². The fraction of sp³-hybridized carbons (Fsp3) is 0.312. The summed E-state index contributed by atoms with van der Waals surface area (Å²) >= 11 is 0. The summed E-state index contributed by atoms with van der Waals surface area (Å²) in [6.07, 6.45) is 3.20. The Hall–Kier alpha value is -2.88. The maximum atomic E-state index is 12.1. The molecule has 2 aliphatic rings. The number of sulfone groups is 1. The Balaban J connectivity index is 1.39. The van der Waals surface area contributed by atoms with Crippen LogP contribution < -0.4 is 20.1 Å². The van der Waals surface area contributed by atoms with E-state index in [4.69, 9.17) is 9.47 Å². The van der Waals surface area contributed by atoms with E-state index in [9.17, 15) is 13.2 Å². The number of benzene rings is 1. The van der Waals surface area contributed by atoms with Crippen LogP contribution in [-0.4, -0.2) is 48.6 Å². The Kier molecular flexibility index (Phi) is 4.11. The Bertz CT molecular complexity index is 946. The molecule has 1 aromatic carbocycles. The number of rotatable bonds is 4. The molecule has 9 nitrogen and oxygen atoms in total. The van der Waals surface area contributed by atoms with Gasteiger partial charge in [0.15, 0.2) is 21.3 Å². The zero-order valence-corrected chi connectivity index (χ0v) is 14.5. The molecule has 0 saturated carbocycles. The van der Waals surface area contributed by atoms with Crippen LogP contribution in [0, 0.1) is 0 Å². The zero-order valence-electron chi connectivity index (χ0n) is 13.6. The van der Waals surface area contributed by atoms with Crippen LogP contribution >= 0.6 is 0 Å². The first-order valence-electron chi connectivity index (χ1n) is 7.98. The van der Waals surface area contributed by atoms with Gasteiger partial charge >= 0.3 is 0 Å². The van der Waals surface area contributed by atoms with Crippen LogP contribution in [0.2, 0.25) is 0 Å². The van der Waals surface area contributed by atoms with Crippen LogP contribution in [0.3, 0.4) is 0 Å². The third kappa shape index (κ3) is 3.54. The number of hydrogen-bond donors (Lipinski definition) is 2. The Labute approximate surface area is 149 Å². The number of carbonyl (C=O) groups excluding carboxylic acids is 1. The van der Waals surface area contributed by atoms with E-state index in [1.165, 1.54) is 12.4 Å². The van der Waals surface area contributed by atoms with Crippen LogP contribution in [0.1, 0.15) is 16.9 Å². The third-order valence-corrected chi connectivity index (χ3v) is 5.87. The van der Waals surface area contributed by atoms with Crippen molar-refractivity contribution in [1.29, 1.82) is 0 Å². The van der Waals surface area contributed by atoms with E-state index in [0.29, 0.717) is 23.7 Å². The van der Waals surface area contributed by atoms with E-state index < -0.39 is 15.7 Å². The minimum Gasteiger partial charge on any atom is -0.454 e. The SMILES string of the molecule is O=C(NC1CCS(=O)(=O)C1)c1cnc(Nc2ccc3c(c2)OCO3)cn1. The maximum Gasteiger partial charge on any atom is 0.271 e. The molecule has 3 heterocycles. The number of nitrogens with one attached hydrogen (secondary N) is 2. The molecule has 2 aromatic rings. The van der Waals surface area contributed by atoms with Crippen molar-refractivity contribution < 1.29 is 22.7 Å². The minimum absolute atomic E-state index is 0.0318. The number of carbonyl (C=O) groups is 1. The third-order valence-electron chi connectivity index (χ3n) is 4.10. The van der Waals surface area contributed by atoms with E-state index in [-0.39, 0.29) is 30.0 Å². The predicted octanol–water partition coefficient (Wildman–Crippen LogP) is 0.866. The van der Waals surface area contributed by atoms with Crippen molar-refractivity contribution in [3.8, 4) is 11.5 Å². The van der Waals surface area contributed by atoms with Gasteiger partial charge in [0, 0.05) is 17.8 Å². The standard InChI is InChI=1S/C16H16N4O5S/c21-16(20-11-3-4-26(22,23)8-11)12-6-18-15(7-17-12)19-10-1-2-13-14(5-10)25-9-24-13/h1-2,5-7,11H,3-4,8-9H2,(H,18,19)(H,20,21). The molecule has 2 N–H and O–H groups in total. The van der Waals surface area contributed by atoms with Gasteiger partial charge < -0.3 is 20.1 Å². The van der Waals surface area contributed by atoms with Gasteiger partial charge in [0.2, 0.25) is 6.79 Å². The second-order valence-electron chi connectivity index (χ2n) is 6.05. The van der Waals surface area contributed by atoms with E-state index in [0.717, 1.165) is 5.69 Å². The van der Waals surface area contributed by atoms with Crippen LogP contribution in [0.4, 0.5) is 11.5 Å². The number of fused-ring (bicyclic) bond motifs is 1. The molecule has 0 spiro atoms. The number of ether oxygens (including phenoxy) is 2. The molecule has 1 atom stereocenters. The summed E-state index contributed by atoms with van der Waals surface area (Å²) in [4.78, 5) is 20.4. The highest BCUT2D eigenvalue weighted by atomic mass is 32.2. The molecule has 1 amide bonds. The lowest BCUT2D eigenvalue weighted by Crippen LogP contribution is -2.36. The van der Waals surface area contributed by atoms with Crippen molar-refractivity contribution in [3.05, 3.63) is 36.3 Å². The molecule has 4 rings (SSSR count). The fourth-order valence-corrected chi connectivity index (χ4v) is 4.47. The Morgan fingerprint density at radius 3 is 2.73 bits per heavy atom. The average molecular weight is 376 g/mol. The molecule has 0 radical (unpaired) electrons. The van der Waals surface area contributed by atoms with Gasteiger partial charge in [-0.25, -0.2) is 18.4 Å². The molecule has 1 saturated heterocycles. The minimum atomic E-state index is -3.05. The molecule has 1 fully saturated rings. The van der Waals surface area contributed by atoms with Crippen LogP contribution in [-0.2, 0) is 9.84 Å². The van der Waals surface area contributed by atoms with Gasteiger partial charge in [0.25, 0.3) is 5.91 Å². The number of amides is 1. The molecular weight excluding hydrogens is 360 g/mol. The average Bonchev–Trinajstić information content (AvgIpc) is 3.21. The molecule has 1 unspecified atom stereocenters. The van der Waals surface area contributed by atoms with E-state index in [2.05, 4.69) is 20.6 Å². The van der Waals surface area contributed by atoms with Crippen molar-refractivity contribution in [2.45, 2.75) is 12.5 Å². The van der Waals surface area contributed by atoms with Gasteiger partial charge in [0.1, 0.15) is 11.5 Å². The van der Waals surface area contributed by atoms with Crippen molar-refractivity contribution in [3.63, 3.8) is 0 Å². The summed E-state index contributed by atoms with van der Waals surface area (Å²) in [7, 11) is -3.05. The normalized spacial score (nSPS) is 19.9. The van der Waals surface area contributed by atoms with Gasteiger partial charge in [-0.1, -0.05) is 0 Å². The first-order valence-corrected chi connectivity index (χ1v) is 9.81. The Morgan fingerprint density at radius 2 is 2.00 bits per heavy atom. The summed E-state index contributed by atoms with van der Waals surface area (Å²) in [5, 5.41) is 5.74. The van der Waals surface area contributed by atoms with Gasteiger partial charge in [-0.15, -0.1) is 0 Å². The van der Waals surface area contributed by atoms with Gasteiger partial charge in [-0.3, -0.25) is 4.79 Å². The lowest BCUT2D eigenvalue weighted by Gasteiger charge is -2.10. The van der Waals surface area contributed by atoms with Crippen molar-refractivity contribution in [2.75, 3.05) is 23.6 Å². The lowest BCUT2D eigenvalue weighted by atomic mass is 10.2. The highest BCUT2D eigenvalue weighted by Crippen LogP contribution is 2.34. The van der Waals surface area contributed by atoms with Crippen molar-refractivity contribution in [2.24, 2.45) is 0 Å². The molecule has 0 bridgehead atoms. The largest absolute Gasteiger partial charge is 0.454 e. The predicted molar refractivity (Wildman–Crippen MR) is 92.4 cm³/mol. The highest BCUT2D eigenvalue weighted by molar-refractivity contribution is 7.91. The number of anilines is 2. The second kappa shape index (κ2) is 6.45. The van der Waals surface area contributed by atoms with E-state index in [1.54, 1.807) is 12.1 Å². The van der Waals surface area contributed by atoms with Crippen LogP contribution in [0.15, 0.2) is 30.6 Å². The topological polar surface area (TPSA) is 120 Å². The van der Waals surface area contributed by atoms with Crippen molar-refractivity contribution in [1.82, 2.24) is 15.3 Å². The van der Waals surface area contributed by atoms with E-state index in [1.807, 2.05) is 6.07 Å². The summed E-state index contributed by atoms with van der Waals surface area (Å²) in [6.45, 7) is 0.199.